The molecule has 0 saturated heterocycles. The van der Waals surface area contributed by atoms with E-state index in [9.17, 15) is 17.6 Å². The van der Waals surface area contributed by atoms with Gasteiger partial charge in [0.2, 0.25) is 10.0 Å². The number of nitrogens with zero attached hydrogens (tertiary/aromatic N) is 1. The molecular weight excluding hydrogens is 479 g/mol. The van der Waals surface area contributed by atoms with Crippen LogP contribution in [0.2, 0.25) is 0 Å². The molecule has 1 aliphatic carbocycles. The van der Waals surface area contributed by atoms with Gasteiger partial charge in [-0.05, 0) is 48.7 Å². The normalized spacial score (nSPS) is 14.3. The van der Waals surface area contributed by atoms with Crippen LogP contribution in [0.15, 0.2) is 71.1 Å². The van der Waals surface area contributed by atoms with Gasteiger partial charge in [-0.15, -0.1) is 0 Å². The Morgan fingerprint density at radius 2 is 1.67 bits per heavy atom. The summed E-state index contributed by atoms with van der Waals surface area (Å²) in [6, 6.07) is 18.6. The minimum Gasteiger partial charge on any atom is -0.455 e. The molecule has 0 atom stereocenters. The van der Waals surface area contributed by atoms with Gasteiger partial charge in [-0.3, -0.25) is 9.10 Å². The maximum Gasteiger partial charge on any atom is 0.255 e. The Hall–Kier alpha value is -3.65. The number of amides is 1. The second kappa shape index (κ2) is 9.43. The summed E-state index contributed by atoms with van der Waals surface area (Å²) in [5.41, 5.74) is 3.28. The molecule has 6 nitrogen and oxygen atoms in total. The van der Waals surface area contributed by atoms with Crippen LogP contribution in [-0.4, -0.2) is 33.7 Å². The van der Waals surface area contributed by atoms with E-state index in [0.29, 0.717) is 39.1 Å². The van der Waals surface area contributed by atoms with Crippen LogP contribution in [0.3, 0.4) is 0 Å². The van der Waals surface area contributed by atoms with Crippen molar-refractivity contribution >= 4 is 32.6 Å². The standard InChI is InChI=1S/C28H27FN2O4S/c1-30-28(32)26-23-16-22(18-8-4-3-5-9-18)24(31(36(2,33)34)21-10-6-7-11-21)17-25(23)35-27(26)19-12-14-20(29)15-13-19/h3-5,8-9,12-17,21H,6-7,10-11H2,1-2H3,(H,30,32). The molecule has 5 rings (SSSR count). The van der Waals surface area contributed by atoms with Gasteiger partial charge in [-0.25, -0.2) is 12.8 Å². The minimum absolute atomic E-state index is 0.148. The van der Waals surface area contributed by atoms with Crippen LogP contribution >= 0.6 is 0 Å². The Kier molecular flexibility index (Phi) is 6.30. The summed E-state index contributed by atoms with van der Waals surface area (Å²) >= 11 is 0. The van der Waals surface area contributed by atoms with E-state index < -0.39 is 15.8 Å². The zero-order chi connectivity index (χ0) is 25.4. The van der Waals surface area contributed by atoms with Crippen molar-refractivity contribution in [1.82, 2.24) is 5.32 Å². The Morgan fingerprint density at radius 1 is 1.00 bits per heavy atom. The van der Waals surface area contributed by atoms with Gasteiger partial charge in [0.15, 0.2) is 0 Å². The number of sulfonamides is 1. The molecule has 0 unspecified atom stereocenters. The van der Waals surface area contributed by atoms with E-state index in [4.69, 9.17) is 4.42 Å². The molecule has 1 heterocycles. The van der Waals surface area contributed by atoms with Crippen molar-refractivity contribution < 1.29 is 22.0 Å². The minimum atomic E-state index is -3.61. The molecule has 0 radical (unpaired) electrons. The van der Waals surface area contributed by atoms with Gasteiger partial charge in [-0.2, -0.15) is 0 Å². The Labute approximate surface area is 209 Å². The predicted molar refractivity (Wildman–Crippen MR) is 140 cm³/mol. The number of nitrogens with one attached hydrogen (secondary N) is 1. The van der Waals surface area contributed by atoms with Crippen LogP contribution in [0, 0.1) is 5.82 Å². The maximum atomic E-state index is 13.6. The van der Waals surface area contributed by atoms with Crippen LogP contribution in [0.4, 0.5) is 10.1 Å². The summed E-state index contributed by atoms with van der Waals surface area (Å²) in [4.78, 5) is 13.0. The van der Waals surface area contributed by atoms with E-state index in [2.05, 4.69) is 5.32 Å². The number of hydrogen-bond acceptors (Lipinski definition) is 4. The second-order valence-electron chi connectivity index (χ2n) is 9.12. The van der Waals surface area contributed by atoms with Gasteiger partial charge in [0.05, 0.1) is 17.5 Å². The highest BCUT2D eigenvalue weighted by molar-refractivity contribution is 7.92. The highest BCUT2D eigenvalue weighted by atomic mass is 32.2. The molecule has 36 heavy (non-hydrogen) atoms. The first-order valence-corrected chi connectivity index (χ1v) is 13.8. The van der Waals surface area contributed by atoms with Gasteiger partial charge in [0, 0.05) is 35.7 Å². The first-order valence-electron chi connectivity index (χ1n) is 11.9. The lowest BCUT2D eigenvalue weighted by molar-refractivity contribution is 0.0964. The Bertz CT molecular complexity index is 1520. The molecule has 1 fully saturated rings. The number of anilines is 1. The third kappa shape index (κ3) is 4.37. The highest BCUT2D eigenvalue weighted by Crippen LogP contribution is 2.43. The first-order chi connectivity index (χ1) is 17.3. The number of carbonyl (C=O) groups is 1. The summed E-state index contributed by atoms with van der Waals surface area (Å²) in [6.07, 6.45) is 4.72. The van der Waals surface area contributed by atoms with Gasteiger partial charge < -0.3 is 9.73 Å². The van der Waals surface area contributed by atoms with Crippen LogP contribution < -0.4 is 9.62 Å². The molecule has 3 aromatic carbocycles. The predicted octanol–water partition coefficient (Wildman–Crippen LogP) is 5.97. The van der Waals surface area contributed by atoms with Crippen molar-refractivity contribution in [1.29, 1.82) is 0 Å². The lowest BCUT2D eigenvalue weighted by Crippen LogP contribution is -2.38. The SMILES string of the molecule is CNC(=O)c1c(-c2ccc(F)cc2)oc2cc(N(C3CCCC3)S(C)(=O)=O)c(-c3ccccc3)cc12. The van der Waals surface area contributed by atoms with Crippen LogP contribution in [0.5, 0.6) is 0 Å². The molecule has 8 heteroatoms. The molecule has 1 N–H and O–H groups in total. The zero-order valence-corrected chi connectivity index (χ0v) is 20.9. The average molecular weight is 507 g/mol. The van der Waals surface area contributed by atoms with Crippen molar-refractivity contribution in [2.24, 2.45) is 0 Å². The number of halogens is 1. The van der Waals surface area contributed by atoms with Gasteiger partial charge >= 0.3 is 0 Å². The van der Waals surface area contributed by atoms with Crippen LogP contribution in [0.25, 0.3) is 33.4 Å². The fraction of sp³-hybridized carbons (Fsp3) is 0.250. The van der Waals surface area contributed by atoms with E-state index in [-0.39, 0.29) is 11.9 Å². The molecule has 4 aromatic rings. The van der Waals surface area contributed by atoms with Crippen molar-refractivity contribution in [2.75, 3.05) is 17.6 Å². The van der Waals surface area contributed by atoms with Gasteiger partial charge in [0.1, 0.15) is 17.2 Å². The molecule has 1 aromatic heterocycles. The number of carbonyl (C=O) groups excluding carboxylic acids is 1. The molecule has 1 aliphatic rings. The maximum absolute atomic E-state index is 13.6. The number of furan rings is 1. The molecule has 186 valence electrons. The quantitative estimate of drug-likeness (QED) is 0.349. The molecule has 1 saturated carbocycles. The summed E-state index contributed by atoms with van der Waals surface area (Å²) in [5, 5.41) is 3.22. The molecule has 0 bridgehead atoms. The molecule has 1 amide bonds. The van der Waals surface area contributed by atoms with Crippen LogP contribution in [0.1, 0.15) is 36.0 Å². The van der Waals surface area contributed by atoms with Crippen molar-refractivity contribution in [3.05, 3.63) is 78.1 Å². The lowest BCUT2D eigenvalue weighted by Gasteiger charge is -2.30. The molecule has 0 aliphatic heterocycles. The van der Waals surface area contributed by atoms with Crippen molar-refractivity contribution in [2.45, 2.75) is 31.7 Å². The zero-order valence-electron chi connectivity index (χ0n) is 20.1. The molecular formula is C28H27FN2O4S. The largest absolute Gasteiger partial charge is 0.455 e. The molecule has 0 spiro atoms. The third-order valence-electron chi connectivity index (χ3n) is 6.70. The van der Waals surface area contributed by atoms with E-state index in [1.54, 1.807) is 18.2 Å². The van der Waals surface area contributed by atoms with Gasteiger partial charge in [0.25, 0.3) is 5.91 Å². The summed E-state index contributed by atoms with van der Waals surface area (Å²) in [6.45, 7) is 0. The van der Waals surface area contributed by atoms with Gasteiger partial charge in [-0.1, -0.05) is 43.2 Å². The Morgan fingerprint density at radius 3 is 2.28 bits per heavy atom. The fourth-order valence-electron chi connectivity index (χ4n) is 5.10. The Balaban J connectivity index is 1.83. The first kappa shape index (κ1) is 24.1. The van der Waals surface area contributed by atoms with E-state index >= 15 is 0 Å². The average Bonchev–Trinajstić information content (AvgIpc) is 3.51. The smallest absolute Gasteiger partial charge is 0.255 e. The lowest BCUT2D eigenvalue weighted by atomic mass is 9.98. The summed E-state index contributed by atoms with van der Waals surface area (Å²) in [5.74, 6) is -0.451. The monoisotopic (exact) mass is 506 g/mol. The van der Waals surface area contributed by atoms with Crippen molar-refractivity contribution in [3.8, 4) is 22.5 Å². The van der Waals surface area contributed by atoms with E-state index in [1.807, 2.05) is 36.4 Å². The summed E-state index contributed by atoms with van der Waals surface area (Å²) < 4.78 is 47.5. The van der Waals surface area contributed by atoms with E-state index in [0.717, 1.165) is 31.2 Å². The number of hydrogen-bond donors (Lipinski definition) is 1. The fourth-order valence-corrected chi connectivity index (χ4v) is 6.36. The number of benzene rings is 3. The number of rotatable bonds is 6. The van der Waals surface area contributed by atoms with Crippen LogP contribution in [-0.2, 0) is 10.0 Å². The van der Waals surface area contributed by atoms with Crippen molar-refractivity contribution in [3.63, 3.8) is 0 Å². The summed E-state index contributed by atoms with van der Waals surface area (Å²) in [7, 11) is -2.08. The second-order valence-corrected chi connectivity index (χ2v) is 11.0. The number of fused-ring (bicyclic) bond motifs is 1. The third-order valence-corrected chi connectivity index (χ3v) is 7.91. The van der Waals surface area contributed by atoms with E-state index in [1.165, 1.54) is 29.7 Å². The highest BCUT2D eigenvalue weighted by Gasteiger charge is 2.33. The topological polar surface area (TPSA) is 79.6 Å².